The van der Waals surface area contributed by atoms with E-state index in [1.54, 1.807) is 4.31 Å². The Labute approximate surface area is 121 Å². The molecule has 2 aliphatic rings. The third kappa shape index (κ3) is 4.31. The summed E-state index contributed by atoms with van der Waals surface area (Å²) in [5.41, 5.74) is 0. The van der Waals surface area contributed by atoms with Crippen molar-refractivity contribution in [2.24, 2.45) is 0 Å². The average Bonchev–Trinajstić information content (AvgIpc) is 2.89. The number of nitrogens with zero attached hydrogens (tertiary/aromatic N) is 1. The summed E-state index contributed by atoms with van der Waals surface area (Å²) in [5, 5.41) is 0. The summed E-state index contributed by atoms with van der Waals surface area (Å²) in [7, 11) is -3.24. The Morgan fingerprint density at radius 1 is 1.11 bits per heavy atom. The van der Waals surface area contributed by atoms with Crippen LogP contribution < -0.4 is 0 Å². The van der Waals surface area contributed by atoms with Gasteiger partial charge >= 0.3 is 0 Å². The van der Waals surface area contributed by atoms with E-state index in [9.17, 15) is 8.42 Å². The quantitative estimate of drug-likeness (QED) is 0.708. The van der Waals surface area contributed by atoms with Crippen molar-refractivity contribution in [3.63, 3.8) is 0 Å². The summed E-state index contributed by atoms with van der Waals surface area (Å²) >= 11 is 5.80. The lowest BCUT2D eigenvalue weighted by Gasteiger charge is -2.33. The molecule has 0 radical (unpaired) electrons. The van der Waals surface area contributed by atoms with Gasteiger partial charge in [-0.1, -0.05) is 19.3 Å². The van der Waals surface area contributed by atoms with Crippen molar-refractivity contribution in [3.05, 3.63) is 0 Å². The van der Waals surface area contributed by atoms with Crippen molar-refractivity contribution >= 4 is 21.6 Å². The Kier molecular flexibility index (Phi) is 5.93. The highest BCUT2D eigenvalue weighted by atomic mass is 35.5. The molecule has 0 spiro atoms. The Hall–Kier alpha value is 0.160. The zero-order valence-electron chi connectivity index (χ0n) is 11.4. The molecular formula is C13H24ClNO3S. The minimum absolute atomic E-state index is 0.119. The molecule has 0 N–H and O–H groups in total. The Balaban J connectivity index is 2.02. The molecule has 1 heterocycles. The third-order valence-electron chi connectivity index (χ3n) is 4.06. The Morgan fingerprint density at radius 3 is 2.42 bits per heavy atom. The normalized spacial score (nSPS) is 26.1. The second-order valence-corrected chi connectivity index (χ2v) is 7.85. The molecule has 0 amide bonds. The van der Waals surface area contributed by atoms with Gasteiger partial charge in [-0.3, -0.25) is 0 Å². The topological polar surface area (TPSA) is 46.6 Å². The van der Waals surface area contributed by atoms with E-state index < -0.39 is 10.0 Å². The first-order valence-electron chi connectivity index (χ1n) is 7.30. The molecule has 0 aromatic carbocycles. The van der Waals surface area contributed by atoms with E-state index in [4.69, 9.17) is 16.3 Å². The van der Waals surface area contributed by atoms with E-state index in [2.05, 4.69) is 0 Å². The molecule has 2 fully saturated rings. The van der Waals surface area contributed by atoms with Crippen molar-refractivity contribution in [3.8, 4) is 0 Å². The smallest absolute Gasteiger partial charge is 0.216 e. The molecule has 2 rings (SSSR count). The fourth-order valence-electron chi connectivity index (χ4n) is 3.11. The molecule has 0 aromatic heterocycles. The highest BCUT2D eigenvalue weighted by Crippen LogP contribution is 2.26. The molecule has 1 aliphatic heterocycles. The van der Waals surface area contributed by atoms with E-state index >= 15 is 0 Å². The lowest BCUT2D eigenvalue weighted by molar-refractivity contribution is 0.125. The molecule has 1 unspecified atom stereocenters. The molecule has 1 atom stereocenters. The lowest BCUT2D eigenvalue weighted by Crippen LogP contribution is -2.45. The SMILES string of the molecule is O=S(=O)(CC1CCCO1)N(CCCl)C1CCCCC1. The van der Waals surface area contributed by atoms with Gasteiger partial charge < -0.3 is 4.74 Å². The largest absolute Gasteiger partial charge is 0.377 e. The summed E-state index contributed by atoms with van der Waals surface area (Å²) in [6.07, 6.45) is 7.13. The van der Waals surface area contributed by atoms with Crippen LogP contribution >= 0.6 is 11.6 Å². The average molecular weight is 310 g/mol. The van der Waals surface area contributed by atoms with Gasteiger partial charge in [-0.15, -0.1) is 11.6 Å². The van der Waals surface area contributed by atoms with E-state index in [0.29, 0.717) is 19.0 Å². The van der Waals surface area contributed by atoms with Gasteiger partial charge in [-0.2, -0.15) is 4.31 Å². The number of alkyl halides is 1. The van der Waals surface area contributed by atoms with Crippen molar-refractivity contribution < 1.29 is 13.2 Å². The zero-order valence-corrected chi connectivity index (χ0v) is 13.0. The Morgan fingerprint density at radius 2 is 1.84 bits per heavy atom. The second kappa shape index (κ2) is 7.25. The molecule has 0 aromatic rings. The fraction of sp³-hybridized carbons (Fsp3) is 1.00. The predicted molar refractivity (Wildman–Crippen MR) is 77.1 cm³/mol. The van der Waals surface area contributed by atoms with Crippen LogP contribution in [0, 0.1) is 0 Å². The predicted octanol–water partition coefficient (Wildman–Crippen LogP) is 2.37. The number of halogens is 1. The second-order valence-electron chi connectivity index (χ2n) is 5.51. The first-order chi connectivity index (χ1) is 9.13. The van der Waals surface area contributed by atoms with Crippen LogP contribution in [0.3, 0.4) is 0 Å². The Bertz CT molecular complexity index is 362. The molecule has 1 saturated heterocycles. The van der Waals surface area contributed by atoms with Gasteiger partial charge in [0.2, 0.25) is 10.0 Å². The van der Waals surface area contributed by atoms with E-state index in [-0.39, 0.29) is 17.9 Å². The minimum atomic E-state index is -3.24. The van der Waals surface area contributed by atoms with Gasteiger partial charge in [-0.25, -0.2) is 8.42 Å². The monoisotopic (exact) mass is 309 g/mol. The van der Waals surface area contributed by atoms with Gasteiger partial charge in [0.05, 0.1) is 11.9 Å². The molecule has 6 heteroatoms. The van der Waals surface area contributed by atoms with Crippen molar-refractivity contribution in [1.82, 2.24) is 4.31 Å². The fourth-order valence-corrected chi connectivity index (χ4v) is 5.35. The van der Waals surface area contributed by atoms with Gasteiger partial charge in [0.25, 0.3) is 0 Å². The third-order valence-corrected chi connectivity index (χ3v) is 6.22. The molecule has 1 aliphatic carbocycles. The van der Waals surface area contributed by atoms with Crippen LogP contribution in [0.2, 0.25) is 0 Å². The van der Waals surface area contributed by atoms with Crippen LogP contribution in [-0.4, -0.2) is 49.7 Å². The van der Waals surface area contributed by atoms with E-state index in [0.717, 1.165) is 38.5 Å². The molecule has 112 valence electrons. The maximum Gasteiger partial charge on any atom is 0.216 e. The van der Waals surface area contributed by atoms with Crippen LogP contribution in [0.4, 0.5) is 0 Å². The van der Waals surface area contributed by atoms with Crippen LogP contribution in [-0.2, 0) is 14.8 Å². The number of rotatable bonds is 6. The molecule has 1 saturated carbocycles. The van der Waals surface area contributed by atoms with E-state index in [1.165, 1.54) is 6.42 Å². The van der Waals surface area contributed by atoms with Gasteiger partial charge in [-0.05, 0) is 25.7 Å². The highest BCUT2D eigenvalue weighted by molar-refractivity contribution is 7.89. The number of hydrogen-bond acceptors (Lipinski definition) is 3. The van der Waals surface area contributed by atoms with Crippen LogP contribution in [0.15, 0.2) is 0 Å². The van der Waals surface area contributed by atoms with Crippen molar-refractivity contribution in [2.75, 3.05) is 24.8 Å². The first-order valence-corrected chi connectivity index (χ1v) is 9.45. The summed E-state index contributed by atoms with van der Waals surface area (Å²) in [6.45, 7) is 1.13. The summed E-state index contributed by atoms with van der Waals surface area (Å²) < 4.78 is 32.2. The zero-order chi connectivity index (χ0) is 13.7. The lowest BCUT2D eigenvalue weighted by atomic mass is 9.95. The molecule has 19 heavy (non-hydrogen) atoms. The van der Waals surface area contributed by atoms with Gasteiger partial charge in [0, 0.05) is 25.1 Å². The standard InChI is InChI=1S/C13H24ClNO3S/c14-8-9-15(12-5-2-1-3-6-12)19(16,17)11-13-7-4-10-18-13/h12-13H,1-11H2. The van der Waals surface area contributed by atoms with Crippen molar-refractivity contribution in [1.29, 1.82) is 0 Å². The number of hydrogen-bond donors (Lipinski definition) is 0. The van der Waals surface area contributed by atoms with E-state index in [1.807, 2.05) is 0 Å². The summed E-state index contributed by atoms with van der Waals surface area (Å²) in [4.78, 5) is 0. The number of sulfonamides is 1. The first kappa shape index (κ1) is 15.5. The van der Waals surface area contributed by atoms with Crippen LogP contribution in [0.25, 0.3) is 0 Å². The van der Waals surface area contributed by atoms with Gasteiger partial charge in [0.15, 0.2) is 0 Å². The summed E-state index contributed by atoms with van der Waals surface area (Å²) in [5.74, 6) is 0.488. The maximum absolute atomic E-state index is 12.6. The van der Waals surface area contributed by atoms with Crippen LogP contribution in [0.1, 0.15) is 44.9 Å². The minimum Gasteiger partial charge on any atom is -0.377 e. The molecular weight excluding hydrogens is 286 g/mol. The molecule has 4 nitrogen and oxygen atoms in total. The van der Waals surface area contributed by atoms with Crippen LogP contribution in [0.5, 0.6) is 0 Å². The number of ether oxygens (including phenoxy) is 1. The molecule has 0 bridgehead atoms. The summed E-state index contributed by atoms with van der Waals surface area (Å²) in [6, 6.07) is 0.152. The van der Waals surface area contributed by atoms with Gasteiger partial charge in [0.1, 0.15) is 0 Å². The highest BCUT2D eigenvalue weighted by Gasteiger charge is 2.33. The van der Waals surface area contributed by atoms with Crippen molar-refractivity contribution in [2.45, 2.75) is 57.1 Å². The maximum atomic E-state index is 12.6.